The Morgan fingerprint density at radius 3 is 2.77 bits per heavy atom. The Morgan fingerprint density at radius 2 is 2.04 bits per heavy atom. The van der Waals surface area contributed by atoms with Crippen molar-refractivity contribution in [2.45, 2.75) is 50.4 Å². The van der Waals surface area contributed by atoms with Gasteiger partial charge in [0.25, 0.3) is 0 Å². The van der Waals surface area contributed by atoms with Crippen LogP contribution in [0.1, 0.15) is 37.7 Å². The molecule has 0 aromatic heterocycles. The molecule has 0 amide bonds. The highest BCUT2D eigenvalue weighted by atomic mass is 16.5. The molecule has 2 heterocycles. The van der Waals surface area contributed by atoms with Crippen LogP contribution < -0.4 is 4.74 Å². The molecule has 1 atom stereocenters. The standard InChI is InChI=1S/C21H34N2O3/c1-22(2)12-6-15-25-19-8-4-3-7-18(19)17-23-13-10-21(11-14-23)20(24)9-5-16-26-21/h3-4,7-8,20,24H,5-6,9-17H2,1-2H3/t20-/m1/s1. The average molecular weight is 363 g/mol. The van der Waals surface area contributed by atoms with Gasteiger partial charge in [-0.1, -0.05) is 18.2 Å². The van der Waals surface area contributed by atoms with Crippen molar-refractivity contribution in [2.24, 2.45) is 0 Å². The van der Waals surface area contributed by atoms with Gasteiger partial charge in [-0.05, 0) is 52.3 Å². The zero-order chi connectivity index (χ0) is 18.4. The lowest BCUT2D eigenvalue weighted by Gasteiger charge is -2.46. The van der Waals surface area contributed by atoms with Crippen LogP contribution >= 0.6 is 0 Å². The Labute approximate surface area is 157 Å². The van der Waals surface area contributed by atoms with Crippen LogP contribution in [0, 0.1) is 0 Å². The molecule has 0 bridgehead atoms. The first kappa shape index (κ1) is 19.6. The van der Waals surface area contributed by atoms with E-state index in [1.807, 2.05) is 6.07 Å². The van der Waals surface area contributed by atoms with Gasteiger partial charge < -0.3 is 19.5 Å². The largest absolute Gasteiger partial charge is 0.493 e. The van der Waals surface area contributed by atoms with Gasteiger partial charge in [0.1, 0.15) is 5.75 Å². The van der Waals surface area contributed by atoms with Crippen molar-refractivity contribution in [1.29, 1.82) is 0 Å². The molecule has 1 spiro atoms. The molecule has 5 heteroatoms. The SMILES string of the molecule is CN(C)CCCOc1ccccc1CN1CCC2(CC1)OCCC[C@H]2O. The van der Waals surface area contributed by atoms with Crippen molar-refractivity contribution in [3.05, 3.63) is 29.8 Å². The molecular formula is C21H34N2O3. The van der Waals surface area contributed by atoms with Crippen molar-refractivity contribution in [1.82, 2.24) is 9.80 Å². The van der Waals surface area contributed by atoms with Gasteiger partial charge in [-0.25, -0.2) is 0 Å². The van der Waals surface area contributed by atoms with Crippen molar-refractivity contribution in [3.63, 3.8) is 0 Å². The van der Waals surface area contributed by atoms with Crippen LogP contribution in [0.3, 0.4) is 0 Å². The lowest BCUT2D eigenvalue weighted by Crippen LogP contribution is -2.55. The Morgan fingerprint density at radius 1 is 1.27 bits per heavy atom. The number of ether oxygens (including phenoxy) is 2. The van der Waals surface area contributed by atoms with Gasteiger partial charge in [-0.2, -0.15) is 0 Å². The highest BCUT2D eigenvalue weighted by Gasteiger charge is 2.43. The summed E-state index contributed by atoms with van der Waals surface area (Å²) < 4.78 is 12.1. The van der Waals surface area contributed by atoms with Gasteiger partial charge in [0, 0.05) is 38.3 Å². The van der Waals surface area contributed by atoms with Crippen molar-refractivity contribution >= 4 is 0 Å². The van der Waals surface area contributed by atoms with E-state index in [4.69, 9.17) is 9.47 Å². The van der Waals surface area contributed by atoms with Gasteiger partial charge in [-0.3, -0.25) is 4.90 Å². The molecule has 5 nitrogen and oxygen atoms in total. The minimum absolute atomic E-state index is 0.295. The maximum atomic E-state index is 10.4. The molecular weight excluding hydrogens is 328 g/mol. The number of likely N-dealkylation sites (tertiary alicyclic amines) is 1. The molecule has 26 heavy (non-hydrogen) atoms. The molecule has 2 aliphatic rings. The first-order chi connectivity index (χ1) is 12.6. The van der Waals surface area contributed by atoms with E-state index in [1.54, 1.807) is 0 Å². The quantitative estimate of drug-likeness (QED) is 0.755. The van der Waals surface area contributed by atoms with Gasteiger partial charge in [-0.15, -0.1) is 0 Å². The fraction of sp³-hybridized carbons (Fsp3) is 0.714. The Kier molecular flexibility index (Phi) is 6.92. The zero-order valence-electron chi connectivity index (χ0n) is 16.3. The maximum absolute atomic E-state index is 10.4. The number of piperidine rings is 1. The van der Waals surface area contributed by atoms with Gasteiger partial charge in [0.15, 0.2) is 0 Å². The summed E-state index contributed by atoms with van der Waals surface area (Å²) in [4.78, 5) is 4.64. The maximum Gasteiger partial charge on any atom is 0.123 e. The second-order valence-corrected chi connectivity index (χ2v) is 7.96. The van der Waals surface area contributed by atoms with Crippen LogP contribution in [0.15, 0.2) is 24.3 Å². The number of benzene rings is 1. The third-order valence-corrected chi connectivity index (χ3v) is 5.69. The average Bonchev–Trinajstić information content (AvgIpc) is 2.64. The fourth-order valence-electron chi connectivity index (χ4n) is 4.06. The lowest BCUT2D eigenvalue weighted by atomic mass is 9.82. The van der Waals surface area contributed by atoms with Crippen LogP contribution in [0.2, 0.25) is 0 Å². The second kappa shape index (κ2) is 9.18. The Balaban J connectivity index is 1.52. The molecule has 1 N–H and O–H groups in total. The lowest BCUT2D eigenvalue weighted by molar-refractivity contribution is -0.177. The molecule has 0 unspecified atom stereocenters. The highest BCUT2D eigenvalue weighted by Crippen LogP contribution is 2.36. The van der Waals surface area contributed by atoms with Crippen LogP contribution in [0.4, 0.5) is 0 Å². The van der Waals surface area contributed by atoms with Crippen molar-refractivity contribution in [3.8, 4) is 5.75 Å². The highest BCUT2D eigenvalue weighted by molar-refractivity contribution is 5.33. The minimum Gasteiger partial charge on any atom is -0.493 e. The van der Waals surface area contributed by atoms with Gasteiger partial charge in [0.05, 0.1) is 18.3 Å². The summed E-state index contributed by atoms with van der Waals surface area (Å²) in [6.07, 6.45) is 4.42. The van der Waals surface area contributed by atoms with Gasteiger partial charge in [0.2, 0.25) is 0 Å². The van der Waals surface area contributed by atoms with E-state index in [9.17, 15) is 5.11 Å². The molecule has 146 valence electrons. The summed E-state index contributed by atoms with van der Waals surface area (Å²) in [5.41, 5.74) is 0.954. The first-order valence-electron chi connectivity index (χ1n) is 9.99. The number of hydrogen-bond acceptors (Lipinski definition) is 5. The van der Waals surface area contributed by atoms with E-state index in [-0.39, 0.29) is 11.7 Å². The van der Waals surface area contributed by atoms with Crippen molar-refractivity contribution in [2.75, 3.05) is 46.9 Å². The van der Waals surface area contributed by atoms with Crippen LogP contribution in [-0.4, -0.2) is 73.6 Å². The normalized spacial score (nSPS) is 23.5. The molecule has 0 radical (unpaired) electrons. The van der Waals surface area contributed by atoms with E-state index in [0.29, 0.717) is 0 Å². The van der Waals surface area contributed by atoms with E-state index in [0.717, 1.165) is 77.2 Å². The molecule has 2 saturated heterocycles. The number of rotatable bonds is 7. The second-order valence-electron chi connectivity index (χ2n) is 7.96. The van der Waals surface area contributed by atoms with E-state index < -0.39 is 0 Å². The third kappa shape index (κ3) is 4.97. The summed E-state index contributed by atoms with van der Waals surface area (Å²) in [5.74, 6) is 1.00. The monoisotopic (exact) mass is 362 g/mol. The molecule has 2 aliphatic heterocycles. The number of nitrogens with zero attached hydrogens (tertiary/aromatic N) is 2. The number of aliphatic hydroxyl groups is 1. The molecule has 1 aromatic rings. The van der Waals surface area contributed by atoms with Gasteiger partial charge >= 0.3 is 0 Å². The summed E-state index contributed by atoms with van der Waals surface area (Å²) >= 11 is 0. The molecule has 0 saturated carbocycles. The Bertz CT molecular complexity index is 556. The third-order valence-electron chi connectivity index (χ3n) is 5.69. The predicted octanol–water partition coefficient (Wildman–Crippen LogP) is 2.52. The predicted molar refractivity (Wildman–Crippen MR) is 104 cm³/mol. The summed E-state index contributed by atoms with van der Waals surface area (Å²) in [6, 6.07) is 8.37. The zero-order valence-corrected chi connectivity index (χ0v) is 16.3. The summed E-state index contributed by atoms with van der Waals surface area (Å²) in [7, 11) is 4.17. The molecule has 0 aliphatic carbocycles. The van der Waals surface area contributed by atoms with E-state index in [1.165, 1.54) is 5.56 Å². The molecule has 3 rings (SSSR count). The summed E-state index contributed by atoms with van der Waals surface area (Å²) in [6.45, 7) is 5.41. The van der Waals surface area contributed by atoms with Crippen LogP contribution in [-0.2, 0) is 11.3 Å². The fourth-order valence-corrected chi connectivity index (χ4v) is 4.06. The number of aliphatic hydroxyl groups excluding tert-OH is 1. The van der Waals surface area contributed by atoms with Crippen LogP contribution in [0.5, 0.6) is 5.75 Å². The topological polar surface area (TPSA) is 45.2 Å². The molecule has 1 aromatic carbocycles. The van der Waals surface area contributed by atoms with Crippen LogP contribution in [0.25, 0.3) is 0 Å². The minimum atomic E-state index is -0.300. The summed E-state index contributed by atoms with van der Waals surface area (Å²) in [5, 5.41) is 10.4. The van der Waals surface area contributed by atoms with Crippen molar-refractivity contribution < 1.29 is 14.6 Å². The number of para-hydroxylation sites is 1. The van der Waals surface area contributed by atoms with E-state index >= 15 is 0 Å². The van der Waals surface area contributed by atoms with E-state index in [2.05, 4.69) is 42.1 Å². The molecule has 2 fully saturated rings. The first-order valence-corrected chi connectivity index (χ1v) is 9.99. The number of hydrogen-bond donors (Lipinski definition) is 1. The Hall–Kier alpha value is -1.14. The smallest absolute Gasteiger partial charge is 0.123 e.